The van der Waals surface area contributed by atoms with E-state index in [4.69, 9.17) is 21.1 Å². The van der Waals surface area contributed by atoms with Crippen molar-refractivity contribution in [1.82, 2.24) is 10.2 Å². The lowest BCUT2D eigenvalue weighted by molar-refractivity contribution is -0.158. The first-order chi connectivity index (χ1) is 20.2. The molecule has 226 valence electrons. The third-order valence-corrected chi connectivity index (χ3v) is 8.86. The molecule has 0 aromatic heterocycles. The number of carbonyl (C=O) groups is 4. The van der Waals surface area contributed by atoms with Crippen LogP contribution in [0.25, 0.3) is 0 Å². The molecule has 0 saturated carbocycles. The van der Waals surface area contributed by atoms with E-state index in [9.17, 15) is 24.3 Å². The number of aliphatic hydroxyl groups excluding tert-OH is 1. The summed E-state index contributed by atoms with van der Waals surface area (Å²) < 4.78 is 12.1. The third-order valence-electron chi connectivity index (χ3n) is 8.56. The van der Waals surface area contributed by atoms with Crippen molar-refractivity contribution in [3.8, 4) is 0 Å². The van der Waals surface area contributed by atoms with Crippen molar-refractivity contribution in [3.63, 3.8) is 0 Å². The lowest BCUT2D eigenvalue weighted by Crippen LogP contribution is -2.56. The van der Waals surface area contributed by atoms with Crippen LogP contribution in [0, 0.1) is 18.8 Å². The number of aryl methyl sites for hydroxylation is 1. The number of hydrogen-bond acceptors (Lipinski definition) is 7. The highest BCUT2D eigenvalue weighted by Crippen LogP contribution is 2.56. The average Bonchev–Trinajstić information content (AvgIpc) is 3.59. The number of anilines is 1. The van der Waals surface area contributed by atoms with Crippen molar-refractivity contribution in [3.05, 3.63) is 53.1 Å². The predicted molar refractivity (Wildman–Crippen MR) is 156 cm³/mol. The maximum atomic E-state index is 14.8. The molecular weight excluding hydrogens is 562 g/mol. The Morgan fingerprint density at radius 3 is 2.69 bits per heavy atom. The molecule has 0 radical (unpaired) electrons. The van der Waals surface area contributed by atoms with Gasteiger partial charge in [-0.25, -0.2) is 0 Å². The first-order valence-corrected chi connectivity index (χ1v) is 15.0. The summed E-state index contributed by atoms with van der Waals surface area (Å²) in [5.41, 5.74) is -0.0366. The Hall–Kier alpha value is -3.21. The van der Waals surface area contributed by atoms with Gasteiger partial charge in [-0.3, -0.25) is 19.2 Å². The predicted octanol–water partition coefficient (Wildman–Crippen LogP) is 2.69. The molecule has 0 aliphatic carbocycles. The second kappa shape index (κ2) is 12.6. The number of nitrogens with zero attached hydrogens (tertiary/aromatic N) is 2. The molecule has 11 heteroatoms. The zero-order chi connectivity index (χ0) is 30.0. The fourth-order valence-electron chi connectivity index (χ4n) is 6.61. The van der Waals surface area contributed by atoms with Crippen molar-refractivity contribution in [2.24, 2.45) is 11.8 Å². The Labute approximate surface area is 250 Å². The first kappa shape index (κ1) is 30.3. The van der Waals surface area contributed by atoms with Gasteiger partial charge in [0.05, 0.1) is 29.3 Å². The Balaban J connectivity index is 1.59. The molecule has 42 heavy (non-hydrogen) atoms. The minimum Gasteiger partial charge on any atom is -0.460 e. The number of rotatable bonds is 6. The van der Waals surface area contributed by atoms with Gasteiger partial charge < -0.3 is 29.7 Å². The highest BCUT2D eigenvalue weighted by molar-refractivity contribution is 6.34. The van der Waals surface area contributed by atoms with E-state index >= 15 is 0 Å². The quantitative estimate of drug-likeness (QED) is 0.293. The number of para-hydroxylation sites is 1. The lowest BCUT2D eigenvalue weighted by atomic mass is 9.74. The summed E-state index contributed by atoms with van der Waals surface area (Å²) >= 11 is 6.67. The Bertz CT molecular complexity index is 1280. The minimum atomic E-state index is -1.35. The number of halogens is 1. The summed E-state index contributed by atoms with van der Waals surface area (Å²) in [4.78, 5) is 57.9. The van der Waals surface area contributed by atoms with Crippen LogP contribution in [-0.4, -0.2) is 83.8 Å². The van der Waals surface area contributed by atoms with Gasteiger partial charge in [0.2, 0.25) is 11.8 Å². The van der Waals surface area contributed by atoms with Crippen LogP contribution in [-0.2, 0) is 28.7 Å². The van der Waals surface area contributed by atoms with Crippen molar-refractivity contribution >= 4 is 41.0 Å². The number of benzene rings is 1. The van der Waals surface area contributed by atoms with Crippen molar-refractivity contribution in [2.45, 2.75) is 69.8 Å². The minimum absolute atomic E-state index is 0.0366. The number of cyclic esters (lactones) is 1. The molecule has 0 unspecified atom stereocenters. The molecule has 6 atom stereocenters. The normalized spacial score (nSPS) is 32.2. The van der Waals surface area contributed by atoms with Gasteiger partial charge in [0, 0.05) is 26.1 Å². The molecule has 1 aromatic carbocycles. The van der Waals surface area contributed by atoms with Crippen molar-refractivity contribution in [1.29, 1.82) is 0 Å². The second-order valence-electron chi connectivity index (χ2n) is 11.4. The van der Waals surface area contributed by atoms with Crippen LogP contribution in [0.3, 0.4) is 0 Å². The maximum absolute atomic E-state index is 14.8. The van der Waals surface area contributed by atoms with Crippen LogP contribution >= 0.6 is 11.6 Å². The van der Waals surface area contributed by atoms with Gasteiger partial charge >= 0.3 is 5.97 Å². The summed E-state index contributed by atoms with van der Waals surface area (Å²) in [6, 6.07) is 4.35. The van der Waals surface area contributed by atoms with E-state index in [1.54, 1.807) is 34.9 Å². The summed E-state index contributed by atoms with van der Waals surface area (Å²) in [6.45, 7) is 4.16. The lowest BCUT2D eigenvalue weighted by Gasteiger charge is -2.36. The molecule has 2 fully saturated rings. The standard InChI is InChI=1S/C31H38ClN3O7/c1-19-10-9-11-21(32)26(19)34-15-6-3-5-12-23(37)33-18-20(2)41-30(40)24-22-13-14-31(42-22)25(24)28(38)35(27(31)29(34)39)16-7-4-8-17-36/h3,6,9-11,13-14,20,22,24-25,27,36H,4-5,7-8,12,15-18H2,1-2H3,(H,33,37)/b6-3-/t20-,22+,24-,25-,27+,31-/m0/s1. The van der Waals surface area contributed by atoms with Gasteiger partial charge in [0.15, 0.2) is 0 Å². The van der Waals surface area contributed by atoms with Crippen LogP contribution in [0.1, 0.15) is 44.6 Å². The number of unbranched alkanes of at least 4 members (excludes halogenated alkanes) is 2. The molecular formula is C31H38ClN3O7. The van der Waals surface area contributed by atoms with Crippen LogP contribution in [0.15, 0.2) is 42.5 Å². The number of fused-ring (bicyclic) bond motifs is 2. The smallest absolute Gasteiger partial charge is 0.313 e. The molecule has 1 spiro atoms. The van der Waals surface area contributed by atoms with E-state index in [0.717, 1.165) is 5.56 Å². The van der Waals surface area contributed by atoms with E-state index in [-0.39, 0.29) is 50.4 Å². The first-order valence-electron chi connectivity index (χ1n) is 14.7. The van der Waals surface area contributed by atoms with Crippen LogP contribution in [0.5, 0.6) is 0 Å². The fourth-order valence-corrected chi connectivity index (χ4v) is 6.93. The third kappa shape index (κ3) is 5.47. The summed E-state index contributed by atoms with van der Waals surface area (Å²) in [6.07, 6.45) is 8.36. The second-order valence-corrected chi connectivity index (χ2v) is 11.8. The summed E-state index contributed by atoms with van der Waals surface area (Å²) in [5, 5.41) is 12.5. The van der Waals surface area contributed by atoms with Crippen LogP contribution < -0.4 is 10.2 Å². The molecule has 3 amide bonds. The topological polar surface area (TPSA) is 125 Å². The number of aliphatic hydroxyl groups is 1. The van der Waals surface area contributed by atoms with Gasteiger partial charge in [0.25, 0.3) is 5.91 Å². The highest BCUT2D eigenvalue weighted by atomic mass is 35.5. The number of ether oxygens (including phenoxy) is 2. The van der Waals surface area contributed by atoms with Crippen LogP contribution in [0.4, 0.5) is 5.69 Å². The zero-order valence-electron chi connectivity index (χ0n) is 24.0. The van der Waals surface area contributed by atoms with E-state index in [0.29, 0.717) is 36.4 Å². The molecule has 4 aliphatic rings. The van der Waals surface area contributed by atoms with Gasteiger partial charge in [-0.05, 0) is 51.2 Å². The molecule has 10 nitrogen and oxygen atoms in total. The number of allylic oxidation sites excluding steroid dienone is 1. The molecule has 2 saturated heterocycles. The van der Waals surface area contributed by atoms with E-state index in [1.807, 2.05) is 31.2 Å². The fraction of sp³-hybridized carbons (Fsp3) is 0.548. The van der Waals surface area contributed by atoms with Gasteiger partial charge in [-0.15, -0.1) is 0 Å². The Morgan fingerprint density at radius 2 is 1.93 bits per heavy atom. The summed E-state index contributed by atoms with van der Waals surface area (Å²) in [7, 11) is 0. The number of esters is 1. The van der Waals surface area contributed by atoms with Crippen molar-refractivity contribution < 1.29 is 33.8 Å². The number of hydrogen-bond donors (Lipinski definition) is 2. The molecule has 1 aromatic rings. The van der Waals surface area contributed by atoms with Crippen LogP contribution in [0.2, 0.25) is 5.02 Å². The molecule has 2 N–H and O–H groups in total. The SMILES string of the molecule is Cc1cccc(Cl)c1N1C/C=C\CCC(=O)NC[C@H](C)OC(=O)[C@@H]2[C@H]3C(=O)N(CCCCCO)[C@H](C1=O)[C@]31C=C[C@H]2O1. The summed E-state index contributed by atoms with van der Waals surface area (Å²) in [5.74, 6) is -3.34. The number of likely N-dealkylation sites (tertiary alicyclic amines) is 1. The molecule has 4 heterocycles. The highest BCUT2D eigenvalue weighted by Gasteiger charge is 2.73. The van der Waals surface area contributed by atoms with E-state index in [2.05, 4.69) is 5.32 Å². The van der Waals surface area contributed by atoms with Crippen molar-refractivity contribution in [2.75, 3.05) is 31.1 Å². The monoisotopic (exact) mass is 599 g/mol. The van der Waals surface area contributed by atoms with E-state index in [1.165, 1.54) is 0 Å². The largest absolute Gasteiger partial charge is 0.460 e. The zero-order valence-corrected chi connectivity index (χ0v) is 24.7. The molecule has 5 bridgehead atoms. The van der Waals surface area contributed by atoms with Gasteiger partial charge in [0.1, 0.15) is 23.7 Å². The van der Waals surface area contributed by atoms with E-state index < -0.39 is 41.7 Å². The van der Waals surface area contributed by atoms with Gasteiger partial charge in [-0.1, -0.05) is 48.0 Å². The molecule has 4 aliphatic heterocycles. The molecule has 5 rings (SSSR count). The number of carbonyl (C=O) groups excluding carboxylic acids is 4. The number of amides is 3. The Kier molecular flexibility index (Phi) is 9.05. The average molecular weight is 600 g/mol. The Morgan fingerprint density at radius 1 is 1.12 bits per heavy atom. The maximum Gasteiger partial charge on any atom is 0.313 e. The number of nitrogens with one attached hydrogen (secondary N) is 1. The van der Waals surface area contributed by atoms with Gasteiger partial charge in [-0.2, -0.15) is 0 Å².